The number of ether oxygens (including phenoxy) is 1. The highest BCUT2D eigenvalue weighted by Crippen LogP contribution is 2.38. The van der Waals surface area contributed by atoms with E-state index in [1.165, 1.54) is 17.7 Å². The predicted molar refractivity (Wildman–Crippen MR) is 138 cm³/mol. The quantitative estimate of drug-likeness (QED) is 0.331. The third kappa shape index (κ3) is 4.95. The Morgan fingerprint density at radius 1 is 1.05 bits per heavy atom. The molecule has 1 aromatic heterocycles. The van der Waals surface area contributed by atoms with Crippen molar-refractivity contribution in [2.45, 2.75) is 32.9 Å². The third-order valence-corrected chi connectivity index (χ3v) is 6.55. The Bertz CT molecular complexity index is 1440. The van der Waals surface area contributed by atoms with Crippen LogP contribution in [0.3, 0.4) is 0 Å². The van der Waals surface area contributed by atoms with Crippen molar-refractivity contribution in [3.8, 4) is 17.1 Å². The number of allylic oxidation sites excluding steroid dienone is 1. The van der Waals surface area contributed by atoms with E-state index in [4.69, 9.17) is 9.26 Å². The van der Waals surface area contributed by atoms with Gasteiger partial charge in [-0.25, -0.2) is 9.18 Å². The van der Waals surface area contributed by atoms with Gasteiger partial charge in [0.05, 0.1) is 25.3 Å². The van der Waals surface area contributed by atoms with Crippen molar-refractivity contribution >= 4 is 11.6 Å². The van der Waals surface area contributed by atoms with E-state index in [9.17, 15) is 9.18 Å². The van der Waals surface area contributed by atoms with Gasteiger partial charge < -0.3 is 14.6 Å². The fourth-order valence-corrected chi connectivity index (χ4v) is 4.44. The van der Waals surface area contributed by atoms with E-state index in [0.717, 1.165) is 23.3 Å². The molecule has 4 aromatic rings. The molecule has 8 heteroatoms. The van der Waals surface area contributed by atoms with Crippen LogP contribution >= 0.6 is 0 Å². The number of aryl methyl sites for hydroxylation is 1. The van der Waals surface area contributed by atoms with Gasteiger partial charge in [0.2, 0.25) is 5.82 Å². The van der Waals surface area contributed by atoms with E-state index in [1.54, 1.807) is 24.1 Å². The largest absolute Gasteiger partial charge is 0.497 e. The van der Waals surface area contributed by atoms with Gasteiger partial charge in [-0.2, -0.15) is 4.98 Å². The first-order valence-corrected chi connectivity index (χ1v) is 12.1. The minimum atomic E-state index is -0.661. The first-order chi connectivity index (χ1) is 18.0. The predicted octanol–water partition coefficient (Wildman–Crippen LogP) is 6.14. The highest BCUT2D eigenvalue weighted by atomic mass is 19.1. The van der Waals surface area contributed by atoms with Crippen molar-refractivity contribution in [1.82, 2.24) is 20.4 Å². The molecule has 0 radical (unpaired) electrons. The fourth-order valence-electron chi connectivity index (χ4n) is 4.44. The molecule has 3 aromatic carbocycles. The number of methoxy groups -OCH3 is 1. The summed E-state index contributed by atoms with van der Waals surface area (Å²) in [5, 5.41) is 7.19. The summed E-state index contributed by atoms with van der Waals surface area (Å²) in [4.78, 5) is 19.6. The Labute approximate surface area is 214 Å². The van der Waals surface area contributed by atoms with E-state index in [1.807, 2.05) is 43.3 Å². The number of amides is 2. The van der Waals surface area contributed by atoms with E-state index in [2.05, 4.69) is 34.5 Å². The molecule has 1 aliphatic rings. The van der Waals surface area contributed by atoms with Gasteiger partial charge in [0.25, 0.3) is 5.89 Å². The average molecular weight is 499 g/mol. The molecule has 2 heterocycles. The van der Waals surface area contributed by atoms with Crippen LogP contribution in [0.1, 0.15) is 42.5 Å². The molecule has 1 aliphatic heterocycles. The smallest absolute Gasteiger partial charge is 0.322 e. The molecule has 1 N–H and O–H groups in total. The summed E-state index contributed by atoms with van der Waals surface area (Å²) in [6.45, 7) is 4.31. The molecular formula is C29H27FN4O3. The molecule has 2 amide bonds. The lowest BCUT2D eigenvalue weighted by Gasteiger charge is -2.35. The molecule has 0 saturated heterocycles. The van der Waals surface area contributed by atoms with Gasteiger partial charge in [-0.15, -0.1) is 0 Å². The van der Waals surface area contributed by atoms with Crippen molar-refractivity contribution in [1.29, 1.82) is 0 Å². The van der Waals surface area contributed by atoms with Crippen LogP contribution in [0.2, 0.25) is 0 Å². The van der Waals surface area contributed by atoms with Crippen molar-refractivity contribution in [3.05, 3.63) is 107 Å². The zero-order valence-electron chi connectivity index (χ0n) is 20.9. The normalized spacial score (nSPS) is 15.6. The highest BCUT2D eigenvalue weighted by Gasteiger charge is 2.36. The number of carbonyl (C=O) groups excluding carboxylic acids is 1. The number of halogens is 1. The number of aromatic nitrogens is 2. The van der Waals surface area contributed by atoms with Crippen LogP contribution in [0, 0.1) is 5.82 Å². The first kappa shape index (κ1) is 24.2. The molecule has 1 unspecified atom stereocenters. The van der Waals surface area contributed by atoms with Gasteiger partial charge in [0, 0.05) is 11.3 Å². The maximum atomic E-state index is 14.2. The molecule has 0 bridgehead atoms. The second-order valence-electron chi connectivity index (χ2n) is 8.84. The standard InChI is InChI=1S/C29H27FN4O3/c1-4-19-8-10-20(11-9-19)17-34-18(2)25(26(31-29(34)35)22-6-5-7-23(30)16-22)28-32-27(33-37-28)21-12-14-24(36-3)15-13-21/h5-16,26H,4,17H2,1-3H3,(H,31,35). The van der Waals surface area contributed by atoms with Crippen molar-refractivity contribution in [2.24, 2.45) is 0 Å². The summed E-state index contributed by atoms with van der Waals surface area (Å²) < 4.78 is 25.1. The second-order valence-corrected chi connectivity index (χ2v) is 8.84. The Morgan fingerprint density at radius 2 is 1.78 bits per heavy atom. The average Bonchev–Trinajstić information content (AvgIpc) is 3.41. The Morgan fingerprint density at radius 3 is 2.46 bits per heavy atom. The second kappa shape index (κ2) is 10.3. The summed E-state index contributed by atoms with van der Waals surface area (Å²) >= 11 is 0. The van der Waals surface area contributed by atoms with Gasteiger partial charge in [0.1, 0.15) is 11.6 Å². The number of nitrogens with one attached hydrogen (secondary N) is 1. The molecule has 0 saturated carbocycles. The third-order valence-electron chi connectivity index (χ3n) is 6.55. The topological polar surface area (TPSA) is 80.5 Å². The Balaban J connectivity index is 1.56. The maximum Gasteiger partial charge on any atom is 0.322 e. The molecule has 188 valence electrons. The van der Waals surface area contributed by atoms with Gasteiger partial charge in [-0.05, 0) is 66.4 Å². The zero-order chi connectivity index (χ0) is 25.9. The number of carbonyl (C=O) groups is 1. The number of hydrogen-bond acceptors (Lipinski definition) is 5. The monoisotopic (exact) mass is 498 g/mol. The number of urea groups is 1. The van der Waals surface area contributed by atoms with Gasteiger partial charge >= 0.3 is 6.03 Å². The number of hydrogen-bond donors (Lipinski definition) is 1. The maximum absolute atomic E-state index is 14.2. The molecular weight excluding hydrogens is 471 g/mol. The van der Waals surface area contributed by atoms with Gasteiger partial charge in [-0.3, -0.25) is 4.90 Å². The minimum Gasteiger partial charge on any atom is -0.497 e. The molecule has 1 atom stereocenters. The lowest BCUT2D eigenvalue weighted by Crippen LogP contribution is -2.45. The zero-order valence-corrected chi connectivity index (χ0v) is 20.9. The summed E-state index contributed by atoms with van der Waals surface area (Å²) in [7, 11) is 1.60. The molecule has 7 nitrogen and oxygen atoms in total. The van der Waals surface area contributed by atoms with Crippen LogP contribution in [0.5, 0.6) is 5.75 Å². The van der Waals surface area contributed by atoms with E-state index in [-0.39, 0.29) is 11.9 Å². The van der Waals surface area contributed by atoms with Crippen LogP contribution < -0.4 is 10.1 Å². The van der Waals surface area contributed by atoms with E-state index >= 15 is 0 Å². The van der Waals surface area contributed by atoms with E-state index < -0.39 is 11.9 Å². The molecule has 37 heavy (non-hydrogen) atoms. The van der Waals surface area contributed by atoms with E-state index in [0.29, 0.717) is 29.2 Å². The lowest BCUT2D eigenvalue weighted by molar-refractivity contribution is 0.203. The summed E-state index contributed by atoms with van der Waals surface area (Å²) in [5.74, 6) is 0.972. The van der Waals surface area contributed by atoms with Crippen LogP contribution in [-0.4, -0.2) is 28.2 Å². The SMILES string of the molecule is CCc1ccc(CN2C(=O)NC(c3cccc(F)c3)C(c3nc(-c4ccc(OC)cc4)no3)=C2C)cc1. The number of nitrogens with zero attached hydrogens (tertiary/aromatic N) is 3. The fraction of sp³-hybridized carbons (Fsp3) is 0.207. The number of benzene rings is 3. The summed E-state index contributed by atoms with van der Waals surface area (Å²) in [6.07, 6.45) is 0.941. The highest BCUT2D eigenvalue weighted by molar-refractivity contribution is 5.86. The van der Waals surface area contributed by atoms with Crippen molar-refractivity contribution < 1.29 is 18.4 Å². The Kier molecular flexibility index (Phi) is 6.72. The molecule has 0 spiro atoms. The van der Waals surface area contributed by atoms with Crippen molar-refractivity contribution in [3.63, 3.8) is 0 Å². The minimum absolute atomic E-state index is 0.254. The molecule has 5 rings (SSSR count). The summed E-state index contributed by atoms with van der Waals surface area (Å²) in [5.41, 5.74) is 4.82. The summed E-state index contributed by atoms with van der Waals surface area (Å²) in [6, 6.07) is 20.7. The molecule has 0 fully saturated rings. The van der Waals surface area contributed by atoms with Gasteiger partial charge in [0.15, 0.2) is 0 Å². The van der Waals surface area contributed by atoms with Crippen molar-refractivity contribution in [2.75, 3.05) is 7.11 Å². The molecule has 0 aliphatic carbocycles. The first-order valence-electron chi connectivity index (χ1n) is 12.1. The lowest BCUT2D eigenvalue weighted by atomic mass is 9.94. The van der Waals surface area contributed by atoms with Crippen LogP contribution in [0.15, 0.2) is 83.0 Å². The van der Waals surface area contributed by atoms with Crippen LogP contribution in [0.4, 0.5) is 9.18 Å². The number of rotatable bonds is 7. The Hall–Kier alpha value is -4.46. The van der Waals surface area contributed by atoms with Crippen LogP contribution in [-0.2, 0) is 13.0 Å². The van der Waals surface area contributed by atoms with Gasteiger partial charge in [-0.1, -0.05) is 48.5 Å². The van der Waals surface area contributed by atoms with Crippen LogP contribution in [0.25, 0.3) is 17.0 Å².